The number of likely N-dealkylation sites (N-methyl/N-ethyl adjacent to an activating group) is 1. The van der Waals surface area contributed by atoms with Crippen LogP contribution in [0.5, 0.6) is 11.5 Å². The lowest BCUT2D eigenvalue weighted by molar-refractivity contribution is -0.131. The summed E-state index contributed by atoms with van der Waals surface area (Å²) < 4.78 is 10.7. The van der Waals surface area contributed by atoms with Crippen LogP contribution < -0.4 is 9.47 Å². The van der Waals surface area contributed by atoms with Crippen LogP contribution in [0.15, 0.2) is 48.5 Å². The quantitative estimate of drug-likeness (QED) is 0.695. The van der Waals surface area contributed by atoms with Gasteiger partial charge in [0.2, 0.25) is 5.91 Å². The van der Waals surface area contributed by atoms with Crippen molar-refractivity contribution in [3.8, 4) is 11.5 Å². The van der Waals surface area contributed by atoms with Crippen LogP contribution in [-0.2, 0) is 11.3 Å². The maximum Gasteiger partial charge on any atom is 0.236 e. The second-order valence-corrected chi connectivity index (χ2v) is 7.23. The van der Waals surface area contributed by atoms with Crippen molar-refractivity contribution in [3.63, 3.8) is 0 Å². The summed E-state index contributed by atoms with van der Waals surface area (Å²) in [5.74, 6) is 1.87. The Labute approximate surface area is 167 Å². The maximum absolute atomic E-state index is 12.8. The van der Waals surface area contributed by atoms with Crippen molar-refractivity contribution in [1.82, 2.24) is 9.80 Å². The molecule has 0 aliphatic carbocycles. The molecule has 0 radical (unpaired) electrons. The van der Waals surface area contributed by atoms with E-state index in [4.69, 9.17) is 9.47 Å². The van der Waals surface area contributed by atoms with E-state index < -0.39 is 0 Å². The van der Waals surface area contributed by atoms with Gasteiger partial charge in [-0.25, -0.2) is 0 Å². The highest BCUT2D eigenvalue weighted by atomic mass is 16.5. The minimum absolute atomic E-state index is 0.147. The molecule has 5 nitrogen and oxygen atoms in total. The summed E-state index contributed by atoms with van der Waals surface area (Å²) in [5.41, 5.74) is 2.35. The second kappa shape index (κ2) is 9.60. The molecule has 2 aromatic carbocycles. The first kappa shape index (κ1) is 20.2. The van der Waals surface area contributed by atoms with Crippen LogP contribution in [0.2, 0.25) is 0 Å². The molecule has 5 heteroatoms. The van der Waals surface area contributed by atoms with E-state index in [1.807, 2.05) is 50.4 Å². The van der Waals surface area contributed by atoms with Gasteiger partial charge < -0.3 is 14.4 Å². The number of carbonyl (C=O) groups is 1. The molecule has 0 saturated carbocycles. The molecule has 1 heterocycles. The van der Waals surface area contributed by atoms with Crippen LogP contribution in [0, 0.1) is 0 Å². The molecule has 28 heavy (non-hydrogen) atoms. The summed E-state index contributed by atoms with van der Waals surface area (Å²) in [7, 11) is 3.52. The topological polar surface area (TPSA) is 42.0 Å². The number of hydrogen-bond donors (Lipinski definition) is 0. The number of benzene rings is 2. The third-order valence-electron chi connectivity index (χ3n) is 5.28. The highest BCUT2D eigenvalue weighted by Gasteiger charge is 2.28. The normalized spacial score (nSPS) is 16.8. The van der Waals surface area contributed by atoms with E-state index in [1.165, 1.54) is 5.56 Å². The number of nitrogens with zero attached hydrogens (tertiary/aromatic N) is 2. The van der Waals surface area contributed by atoms with E-state index in [9.17, 15) is 4.79 Å². The van der Waals surface area contributed by atoms with Crippen molar-refractivity contribution in [2.45, 2.75) is 32.4 Å². The Morgan fingerprint density at radius 3 is 2.43 bits per heavy atom. The molecule has 0 aromatic heterocycles. The van der Waals surface area contributed by atoms with Gasteiger partial charge in [-0.2, -0.15) is 0 Å². The molecule has 0 N–H and O–H groups in total. The molecule has 3 rings (SSSR count). The number of methoxy groups -OCH3 is 1. The molecule has 150 valence electrons. The molecule has 1 aliphatic rings. The number of likely N-dealkylation sites (tertiary alicyclic amines) is 1. The SMILES string of the molecule is CCOc1ccc(C2CCCN2CC(=O)N(C)Cc2ccc(OC)cc2)cc1. The zero-order valence-electron chi connectivity index (χ0n) is 17.1. The number of amides is 1. The van der Waals surface area contributed by atoms with Crippen molar-refractivity contribution in [1.29, 1.82) is 0 Å². The average Bonchev–Trinajstić information content (AvgIpc) is 3.17. The van der Waals surface area contributed by atoms with Gasteiger partial charge in [0.15, 0.2) is 0 Å². The predicted octanol–water partition coefficient (Wildman–Crippen LogP) is 3.89. The summed E-state index contributed by atoms with van der Waals surface area (Å²) in [5, 5.41) is 0. The molecule has 1 atom stereocenters. The molecule has 0 spiro atoms. The third kappa shape index (κ3) is 5.04. The summed E-state index contributed by atoms with van der Waals surface area (Å²) in [6, 6.07) is 16.4. The zero-order chi connectivity index (χ0) is 19.9. The van der Waals surface area contributed by atoms with Crippen LogP contribution in [0.4, 0.5) is 0 Å². The fourth-order valence-electron chi connectivity index (χ4n) is 3.73. The molecular formula is C23H30N2O3. The second-order valence-electron chi connectivity index (χ2n) is 7.23. The Hall–Kier alpha value is -2.53. The van der Waals surface area contributed by atoms with Crippen molar-refractivity contribution < 1.29 is 14.3 Å². The number of ether oxygens (including phenoxy) is 2. The van der Waals surface area contributed by atoms with Gasteiger partial charge in [0.1, 0.15) is 11.5 Å². The van der Waals surface area contributed by atoms with Crippen LogP contribution in [0.1, 0.15) is 36.9 Å². The smallest absolute Gasteiger partial charge is 0.236 e. The summed E-state index contributed by atoms with van der Waals surface area (Å²) >= 11 is 0. The summed E-state index contributed by atoms with van der Waals surface area (Å²) in [6.45, 7) is 4.67. The fourth-order valence-corrected chi connectivity index (χ4v) is 3.73. The Morgan fingerprint density at radius 2 is 1.79 bits per heavy atom. The molecule has 1 unspecified atom stereocenters. The number of carbonyl (C=O) groups excluding carboxylic acids is 1. The van der Waals surface area contributed by atoms with Crippen LogP contribution >= 0.6 is 0 Å². The van der Waals surface area contributed by atoms with E-state index in [2.05, 4.69) is 17.0 Å². The van der Waals surface area contributed by atoms with Crippen molar-refractivity contribution >= 4 is 5.91 Å². The average molecular weight is 383 g/mol. The molecule has 1 saturated heterocycles. The van der Waals surface area contributed by atoms with Gasteiger partial charge in [-0.1, -0.05) is 24.3 Å². The minimum atomic E-state index is 0.147. The third-order valence-corrected chi connectivity index (χ3v) is 5.28. The molecule has 1 fully saturated rings. The van der Waals surface area contributed by atoms with Crippen LogP contribution in [-0.4, -0.2) is 49.6 Å². The first-order valence-electron chi connectivity index (χ1n) is 9.94. The van der Waals surface area contributed by atoms with E-state index in [0.29, 0.717) is 25.7 Å². The maximum atomic E-state index is 12.8. The highest BCUT2D eigenvalue weighted by Crippen LogP contribution is 2.32. The van der Waals surface area contributed by atoms with E-state index >= 15 is 0 Å². The van der Waals surface area contributed by atoms with Crippen molar-refractivity contribution in [2.75, 3.05) is 33.9 Å². The van der Waals surface area contributed by atoms with Crippen LogP contribution in [0.3, 0.4) is 0 Å². The first-order chi connectivity index (χ1) is 13.6. The van der Waals surface area contributed by atoms with Gasteiger partial charge in [0, 0.05) is 19.6 Å². The summed E-state index contributed by atoms with van der Waals surface area (Å²) in [4.78, 5) is 16.9. The number of rotatable bonds is 8. The Morgan fingerprint density at radius 1 is 1.11 bits per heavy atom. The van der Waals surface area contributed by atoms with E-state index in [1.54, 1.807) is 12.0 Å². The molecule has 0 bridgehead atoms. The Bertz CT molecular complexity index is 758. The molecule has 2 aromatic rings. The van der Waals surface area contributed by atoms with Gasteiger partial charge in [-0.15, -0.1) is 0 Å². The lowest BCUT2D eigenvalue weighted by Gasteiger charge is -2.27. The van der Waals surface area contributed by atoms with Crippen molar-refractivity contribution in [2.24, 2.45) is 0 Å². The van der Waals surface area contributed by atoms with Crippen molar-refractivity contribution in [3.05, 3.63) is 59.7 Å². The standard InChI is InChI=1S/C23H30N2O3/c1-4-28-21-13-9-19(10-14-21)22-6-5-15-25(22)17-23(26)24(2)16-18-7-11-20(27-3)12-8-18/h7-14,22H,4-6,15-17H2,1-3H3. The zero-order valence-corrected chi connectivity index (χ0v) is 17.1. The van der Waals surface area contributed by atoms with Gasteiger partial charge in [-0.3, -0.25) is 9.69 Å². The van der Waals surface area contributed by atoms with Gasteiger partial charge in [-0.05, 0) is 61.7 Å². The van der Waals surface area contributed by atoms with Crippen LogP contribution in [0.25, 0.3) is 0 Å². The largest absolute Gasteiger partial charge is 0.497 e. The Balaban J connectivity index is 1.58. The van der Waals surface area contributed by atoms with E-state index in [-0.39, 0.29) is 5.91 Å². The summed E-state index contributed by atoms with van der Waals surface area (Å²) in [6.07, 6.45) is 2.21. The fraction of sp³-hybridized carbons (Fsp3) is 0.435. The minimum Gasteiger partial charge on any atom is -0.497 e. The van der Waals surface area contributed by atoms with Gasteiger partial charge in [0.05, 0.1) is 20.3 Å². The molecule has 1 amide bonds. The van der Waals surface area contributed by atoms with Gasteiger partial charge >= 0.3 is 0 Å². The lowest BCUT2D eigenvalue weighted by Crippen LogP contribution is -2.37. The molecule has 1 aliphatic heterocycles. The van der Waals surface area contributed by atoms with E-state index in [0.717, 1.165) is 36.4 Å². The predicted molar refractivity (Wildman–Crippen MR) is 111 cm³/mol. The Kier molecular flexibility index (Phi) is 6.93. The number of hydrogen-bond acceptors (Lipinski definition) is 4. The lowest BCUT2D eigenvalue weighted by atomic mass is 10.0. The molecular weight excluding hydrogens is 352 g/mol. The van der Waals surface area contributed by atoms with Gasteiger partial charge in [0.25, 0.3) is 0 Å². The first-order valence-corrected chi connectivity index (χ1v) is 9.94. The highest BCUT2D eigenvalue weighted by molar-refractivity contribution is 5.78. The monoisotopic (exact) mass is 382 g/mol.